The van der Waals surface area contributed by atoms with Crippen LogP contribution in [0, 0.1) is 11.3 Å². The first-order valence-corrected chi connectivity index (χ1v) is 8.20. The Balaban J connectivity index is 2.22. The quantitative estimate of drug-likeness (QED) is 0.919. The van der Waals surface area contributed by atoms with Gasteiger partial charge in [0.25, 0.3) is 5.56 Å². The van der Waals surface area contributed by atoms with Gasteiger partial charge < -0.3 is 5.32 Å². The van der Waals surface area contributed by atoms with Gasteiger partial charge in [-0.2, -0.15) is 4.52 Å². The summed E-state index contributed by atoms with van der Waals surface area (Å²) in [5, 5.41) is 8.60. The minimum absolute atomic E-state index is 0.130. The zero-order valence-electron chi connectivity index (χ0n) is 13.4. The first-order chi connectivity index (χ1) is 9.77. The normalized spacial score (nSPS) is 13.8. The molecule has 0 saturated carbocycles. The molecule has 0 aliphatic rings. The van der Waals surface area contributed by atoms with Crippen LogP contribution < -0.4 is 10.9 Å². The van der Waals surface area contributed by atoms with Gasteiger partial charge in [0.05, 0.1) is 0 Å². The topological polar surface area (TPSA) is 59.3 Å². The Morgan fingerprint density at radius 3 is 2.62 bits per heavy atom. The minimum atomic E-state index is -0.140. The van der Waals surface area contributed by atoms with Crippen LogP contribution >= 0.6 is 11.3 Å². The van der Waals surface area contributed by atoms with Crippen LogP contribution in [-0.4, -0.2) is 20.6 Å². The molecule has 0 aromatic carbocycles. The summed E-state index contributed by atoms with van der Waals surface area (Å²) in [6.07, 6.45) is 3.77. The molecule has 1 atom stereocenters. The third-order valence-electron chi connectivity index (χ3n) is 3.55. The van der Waals surface area contributed by atoms with Crippen molar-refractivity contribution in [2.75, 3.05) is 5.32 Å². The van der Waals surface area contributed by atoms with Gasteiger partial charge in [0.2, 0.25) is 10.1 Å². The van der Waals surface area contributed by atoms with Gasteiger partial charge in [0, 0.05) is 18.3 Å². The van der Waals surface area contributed by atoms with Crippen molar-refractivity contribution in [3.8, 4) is 0 Å². The summed E-state index contributed by atoms with van der Waals surface area (Å²) in [5.74, 6) is 0.677. The van der Waals surface area contributed by atoms with Gasteiger partial charge in [-0.15, -0.1) is 5.10 Å². The monoisotopic (exact) mass is 308 g/mol. The molecule has 116 valence electrons. The maximum absolute atomic E-state index is 11.7. The van der Waals surface area contributed by atoms with Crippen molar-refractivity contribution in [3.63, 3.8) is 0 Å². The fourth-order valence-electron chi connectivity index (χ4n) is 2.17. The SMILES string of the molecule is CC(C)CCC(Nc1nn2c(=O)ccnc2s1)C(C)(C)C. The number of aromatic nitrogens is 3. The van der Waals surface area contributed by atoms with Crippen LogP contribution in [0.1, 0.15) is 47.5 Å². The lowest BCUT2D eigenvalue weighted by Gasteiger charge is -2.31. The molecule has 0 saturated heterocycles. The Labute approximate surface area is 129 Å². The van der Waals surface area contributed by atoms with E-state index < -0.39 is 0 Å². The van der Waals surface area contributed by atoms with Crippen molar-refractivity contribution in [1.29, 1.82) is 0 Å². The van der Waals surface area contributed by atoms with Crippen molar-refractivity contribution in [2.45, 2.75) is 53.5 Å². The molecular formula is C15H24N4OS. The zero-order valence-corrected chi connectivity index (χ0v) is 14.2. The number of anilines is 1. The molecule has 21 heavy (non-hydrogen) atoms. The summed E-state index contributed by atoms with van der Waals surface area (Å²) in [7, 11) is 0. The molecule has 0 radical (unpaired) electrons. The van der Waals surface area contributed by atoms with E-state index in [9.17, 15) is 4.79 Å². The highest BCUT2D eigenvalue weighted by Gasteiger charge is 2.25. The summed E-state index contributed by atoms with van der Waals surface area (Å²) in [6.45, 7) is 11.1. The number of fused-ring (bicyclic) bond motifs is 1. The van der Waals surface area contributed by atoms with E-state index in [2.05, 4.69) is 50.0 Å². The van der Waals surface area contributed by atoms with Crippen LogP contribution in [-0.2, 0) is 0 Å². The number of hydrogen-bond donors (Lipinski definition) is 1. The highest BCUT2D eigenvalue weighted by atomic mass is 32.1. The first-order valence-electron chi connectivity index (χ1n) is 7.39. The molecule has 0 spiro atoms. The van der Waals surface area contributed by atoms with E-state index in [1.54, 1.807) is 0 Å². The Morgan fingerprint density at radius 1 is 1.33 bits per heavy atom. The van der Waals surface area contributed by atoms with Crippen LogP contribution in [0.5, 0.6) is 0 Å². The van der Waals surface area contributed by atoms with Crippen LogP contribution in [0.25, 0.3) is 4.96 Å². The maximum Gasteiger partial charge on any atom is 0.275 e. The molecule has 0 bridgehead atoms. The van der Waals surface area contributed by atoms with Gasteiger partial charge in [-0.1, -0.05) is 46.0 Å². The highest BCUT2D eigenvalue weighted by molar-refractivity contribution is 7.20. The van der Waals surface area contributed by atoms with Crippen molar-refractivity contribution in [2.24, 2.45) is 11.3 Å². The molecule has 2 heterocycles. The Hall–Kier alpha value is -1.43. The molecule has 0 aliphatic carbocycles. The number of hydrogen-bond acceptors (Lipinski definition) is 5. The lowest BCUT2D eigenvalue weighted by atomic mass is 9.83. The number of nitrogens with zero attached hydrogens (tertiary/aromatic N) is 3. The third kappa shape index (κ3) is 4.03. The predicted octanol–water partition coefficient (Wildman–Crippen LogP) is 3.41. The average Bonchev–Trinajstić information content (AvgIpc) is 2.77. The number of rotatable bonds is 5. The fourth-order valence-corrected chi connectivity index (χ4v) is 3.00. The molecular weight excluding hydrogens is 284 g/mol. The summed E-state index contributed by atoms with van der Waals surface area (Å²) in [4.78, 5) is 16.5. The van der Waals surface area contributed by atoms with Gasteiger partial charge in [-0.25, -0.2) is 4.98 Å². The highest BCUT2D eigenvalue weighted by Crippen LogP contribution is 2.29. The lowest BCUT2D eigenvalue weighted by Crippen LogP contribution is -2.34. The largest absolute Gasteiger partial charge is 0.357 e. The molecule has 5 nitrogen and oxygen atoms in total. The van der Waals surface area contributed by atoms with Crippen LogP contribution in [0.3, 0.4) is 0 Å². The third-order valence-corrected chi connectivity index (χ3v) is 4.40. The van der Waals surface area contributed by atoms with E-state index >= 15 is 0 Å². The fraction of sp³-hybridized carbons (Fsp3) is 0.667. The summed E-state index contributed by atoms with van der Waals surface area (Å²) in [6, 6.07) is 1.74. The summed E-state index contributed by atoms with van der Waals surface area (Å²) < 4.78 is 1.36. The van der Waals surface area contributed by atoms with Gasteiger partial charge in [-0.3, -0.25) is 4.79 Å². The Bertz CT molecular complexity index is 653. The van der Waals surface area contributed by atoms with Gasteiger partial charge in [0.15, 0.2) is 0 Å². The molecule has 2 rings (SSSR count). The average molecular weight is 308 g/mol. The predicted molar refractivity (Wildman–Crippen MR) is 88.1 cm³/mol. The van der Waals surface area contributed by atoms with Crippen LogP contribution in [0.4, 0.5) is 5.13 Å². The van der Waals surface area contributed by atoms with Crippen molar-refractivity contribution in [1.82, 2.24) is 14.6 Å². The zero-order chi connectivity index (χ0) is 15.6. The molecule has 2 aromatic heterocycles. The summed E-state index contributed by atoms with van der Waals surface area (Å²) >= 11 is 1.42. The van der Waals surface area contributed by atoms with Crippen molar-refractivity contribution < 1.29 is 0 Å². The first kappa shape index (κ1) is 15.9. The maximum atomic E-state index is 11.7. The molecule has 1 unspecified atom stereocenters. The van der Waals surface area contributed by atoms with Gasteiger partial charge in [-0.05, 0) is 24.2 Å². The molecule has 0 aliphatic heterocycles. The second-order valence-electron chi connectivity index (χ2n) is 6.92. The van der Waals surface area contributed by atoms with Gasteiger partial charge in [0.1, 0.15) is 0 Å². The Morgan fingerprint density at radius 2 is 2.05 bits per heavy atom. The second-order valence-corrected chi connectivity index (χ2v) is 7.87. The van der Waals surface area contributed by atoms with E-state index in [0.717, 1.165) is 18.0 Å². The molecule has 0 amide bonds. The van der Waals surface area contributed by atoms with Crippen LogP contribution in [0.15, 0.2) is 17.1 Å². The van der Waals surface area contributed by atoms with Gasteiger partial charge >= 0.3 is 0 Å². The lowest BCUT2D eigenvalue weighted by molar-refractivity contribution is 0.310. The van der Waals surface area contributed by atoms with E-state index in [1.807, 2.05) is 0 Å². The van der Waals surface area contributed by atoms with E-state index in [0.29, 0.717) is 16.9 Å². The van der Waals surface area contributed by atoms with Crippen molar-refractivity contribution >= 4 is 21.4 Å². The molecule has 1 N–H and O–H groups in total. The van der Waals surface area contributed by atoms with Crippen LogP contribution in [0.2, 0.25) is 0 Å². The van der Waals surface area contributed by atoms with Crippen molar-refractivity contribution in [3.05, 3.63) is 22.6 Å². The van der Waals surface area contributed by atoms with E-state index in [4.69, 9.17) is 0 Å². The summed E-state index contributed by atoms with van der Waals surface area (Å²) in [5.41, 5.74) is -0.00992. The minimum Gasteiger partial charge on any atom is -0.357 e. The van der Waals surface area contributed by atoms with E-state index in [-0.39, 0.29) is 11.0 Å². The van der Waals surface area contributed by atoms with E-state index in [1.165, 1.54) is 28.1 Å². The standard InChI is InChI=1S/C15H24N4OS/c1-10(2)6-7-11(15(3,4)5)17-13-18-19-12(20)8-9-16-14(19)21-13/h8-11H,6-7H2,1-5H3,(H,17,18). The Kier molecular flexibility index (Phi) is 4.66. The smallest absolute Gasteiger partial charge is 0.275 e. The molecule has 6 heteroatoms. The molecule has 2 aromatic rings. The number of nitrogens with one attached hydrogen (secondary N) is 1. The molecule has 0 fully saturated rings. The second kappa shape index (κ2) is 6.13.